The molecule has 0 radical (unpaired) electrons. The van der Waals surface area contributed by atoms with E-state index >= 15 is 0 Å². The average molecular weight is 365 g/mol. The second-order valence-electron chi connectivity index (χ2n) is 6.25. The van der Waals surface area contributed by atoms with E-state index in [0.717, 1.165) is 42.2 Å². The van der Waals surface area contributed by atoms with Crippen LogP contribution in [0.1, 0.15) is 43.9 Å². The lowest BCUT2D eigenvalue weighted by Crippen LogP contribution is -2.33. The molecule has 130 valence electrons. The zero-order chi connectivity index (χ0) is 16.9. The van der Waals surface area contributed by atoms with Gasteiger partial charge in [0.25, 0.3) is 0 Å². The van der Waals surface area contributed by atoms with Crippen molar-refractivity contribution in [2.75, 3.05) is 5.75 Å². The van der Waals surface area contributed by atoms with Gasteiger partial charge in [0.05, 0.1) is 5.75 Å². The summed E-state index contributed by atoms with van der Waals surface area (Å²) in [6.07, 6.45) is 6.93. The van der Waals surface area contributed by atoms with Crippen LogP contribution in [0, 0.1) is 0 Å². The molecule has 1 saturated carbocycles. The largest absolute Gasteiger partial charge is 0.353 e. The molecule has 0 aliphatic heterocycles. The van der Waals surface area contributed by atoms with Crippen molar-refractivity contribution in [1.82, 2.24) is 20.1 Å². The van der Waals surface area contributed by atoms with Crippen LogP contribution in [-0.4, -0.2) is 32.5 Å². The molecule has 3 rings (SSSR count). The van der Waals surface area contributed by atoms with Gasteiger partial charge in [-0.2, -0.15) is 0 Å². The molecule has 0 atom stereocenters. The highest BCUT2D eigenvalue weighted by molar-refractivity contribution is 7.99. The van der Waals surface area contributed by atoms with Crippen molar-refractivity contribution in [2.45, 2.75) is 56.6 Å². The molecular weight excluding hydrogens is 340 g/mol. The van der Waals surface area contributed by atoms with E-state index in [0.29, 0.717) is 11.8 Å². The molecule has 1 N–H and O–H groups in total. The number of amides is 1. The van der Waals surface area contributed by atoms with Crippen LogP contribution in [0.3, 0.4) is 0 Å². The van der Waals surface area contributed by atoms with Crippen molar-refractivity contribution in [3.8, 4) is 11.4 Å². The molecule has 1 amide bonds. The van der Waals surface area contributed by atoms with Gasteiger partial charge in [0.2, 0.25) is 5.91 Å². The van der Waals surface area contributed by atoms with Gasteiger partial charge in [-0.25, -0.2) is 0 Å². The first-order chi connectivity index (χ1) is 11.7. The first-order valence-corrected chi connectivity index (χ1v) is 10.4. The van der Waals surface area contributed by atoms with E-state index in [1.54, 1.807) is 11.3 Å². The zero-order valence-corrected chi connectivity index (χ0v) is 15.9. The summed E-state index contributed by atoms with van der Waals surface area (Å²) in [6.45, 7) is 2.19. The maximum atomic E-state index is 12.0. The highest BCUT2D eigenvalue weighted by Crippen LogP contribution is 2.27. The Balaban J connectivity index is 1.58. The summed E-state index contributed by atoms with van der Waals surface area (Å²) in [6, 6.07) is 2.57. The highest BCUT2D eigenvalue weighted by Gasteiger charge is 2.18. The number of hydrogen-bond acceptors (Lipinski definition) is 5. The molecule has 0 bridgehead atoms. The van der Waals surface area contributed by atoms with E-state index in [-0.39, 0.29) is 5.91 Å². The van der Waals surface area contributed by atoms with E-state index in [1.165, 1.54) is 29.5 Å². The van der Waals surface area contributed by atoms with Gasteiger partial charge in [-0.15, -0.1) is 21.5 Å². The average Bonchev–Trinajstić information content (AvgIpc) is 3.28. The zero-order valence-electron chi connectivity index (χ0n) is 14.2. The first-order valence-electron chi connectivity index (χ1n) is 8.56. The van der Waals surface area contributed by atoms with Crippen LogP contribution in [0.4, 0.5) is 0 Å². The standard InChI is InChI=1S/C17H24N4OS2/c1-3-6-14-9-12(10-23-14)16-19-20-17(21(16)2)24-11-15(22)18-13-7-4-5-8-13/h9-10,13H,3-8,11H2,1-2H3,(H,18,22). The summed E-state index contributed by atoms with van der Waals surface area (Å²) in [5, 5.41) is 14.6. The fourth-order valence-corrected chi connectivity index (χ4v) is 4.73. The van der Waals surface area contributed by atoms with Gasteiger partial charge < -0.3 is 9.88 Å². The number of aryl methyl sites for hydroxylation is 1. The molecule has 1 aliphatic carbocycles. The van der Waals surface area contributed by atoms with E-state index in [2.05, 4.69) is 33.9 Å². The van der Waals surface area contributed by atoms with Crippen LogP contribution in [0.15, 0.2) is 16.6 Å². The van der Waals surface area contributed by atoms with Gasteiger partial charge >= 0.3 is 0 Å². The topological polar surface area (TPSA) is 59.8 Å². The number of thiophene rings is 1. The van der Waals surface area contributed by atoms with Gasteiger partial charge in [0, 0.05) is 28.9 Å². The summed E-state index contributed by atoms with van der Waals surface area (Å²) in [5.41, 5.74) is 1.11. The van der Waals surface area contributed by atoms with Crippen LogP contribution < -0.4 is 5.32 Å². The third-order valence-corrected chi connectivity index (χ3v) is 6.31. The number of aromatic nitrogens is 3. The van der Waals surface area contributed by atoms with Crippen LogP contribution in [0.5, 0.6) is 0 Å². The second kappa shape index (κ2) is 8.16. The van der Waals surface area contributed by atoms with Gasteiger partial charge in [-0.3, -0.25) is 4.79 Å². The number of hydrogen-bond donors (Lipinski definition) is 1. The molecule has 2 aromatic heterocycles. The minimum Gasteiger partial charge on any atom is -0.353 e. The van der Waals surface area contributed by atoms with E-state index in [9.17, 15) is 4.79 Å². The van der Waals surface area contributed by atoms with Gasteiger partial charge in [0.1, 0.15) is 0 Å². The Kier molecular flexibility index (Phi) is 5.94. The van der Waals surface area contributed by atoms with E-state index in [1.807, 2.05) is 11.6 Å². The van der Waals surface area contributed by atoms with Crippen molar-refractivity contribution >= 4 is 29.0 Å². The molecule has 7 heteroatoms. The van der Waals surface area contributed by atoms with Gasteiger partial charge in [-0.1, -0.05) is 37.9 Å². The molecule has 0 saturated heterocycles. The SMILES string of the molecule is CCCc1cc(-c2nnc(SCC(=O)NC3CCCC3)n2C)cs1. The Morgan fingerprint density at radius 3 is 2.96 bits per heavy atom. The monoisotopic (exact) mass is 364 g/mol. The Labute approximate surface area is 151 Å². The summed E-state index contributed by atoms with van der Waals surface area (Å²) >= 11 is 3.22. The van der Waals surface area contributed by atoms with E-state index < -0.39 is 0 Å². The molecule has 0 unspecified atom stereocenters. The lowest BCUT2D eigenvalue weighted by molar-refractivity contribution is -0.119. The maximum absolute atomic E-state index is 12.0. The molecular formula is C17H24N4OS2. The number of nitrogens with one attached hydrogen (secondary N) is 1. The second-order valence-corrected chi connectivity index (χ2v) is 8.19. The predicted molar refractivity (Wildman–Crippen MR) is 99.4 cm³/mol. The van der Waals surface area contributed by atoms with Crippen molar-refractivity contribution in [3.05, 3.63) is 16.3 Å². The molecule has 0 aromatic carbocycles. The minimum atomic E-state index is 0.0946. The molecule has 0 spiro atoms. The summed E-state index contributed by atoms with van der Waals surface area (Å²) < 4.78 is 1.98. The van der Waals surface area contributed by atoms with Gasteiger partial charge in [-0.05, 0) is 25.3 Å². The molecule has 1 fully saturated rings. The molecule has 2 aromatic rings. The quantitative estimate of drug-likeness (QED) is 0.762. The highest BCUT2D eigenvalue weighted by atomic mass is 32.2. The summed E-state index contributed by atoms with van der Waals surface area (Å²) in [5.74, 6) is 1.36. The molecule has 1 aliphatic rings. The Bertz CT molecular complexity index is 689. The lowest BCUT2D eigenvalue weighted by Gasteiger charge is -2.11. The summed E-state index contributed by atoms with van der Waals surface area (Å²) in [4.78, 5) is 13.4. The fraction of sp³-hybridized carbons (Fsp3) is 0.588. The Morgan fingerprint density at radius 2 is 2.21 bits per heavy atom. The number of thioether (sulfide) groups is 1. The number of nitrogens with zero attached hydrogens (tertiary/aromatic N) is 3. The molecule has 2 heterocycles. The minimum absolute atomic E-state index is 0.0946. The predicted octanol–water partition coefficient (Wildman–Crippen LogP) is 3.65. The van der Waals surface area contributed by atoms with E-state index in [4.69, 9.17) is 0 Å². The normalized spacial score (nSPS) is 15.1. The maximum Gasteiger partial charge on any atom is 0.230 e. The van der Waals surface area contributed by atoms with Crippen LogP contribution in [-0.2, 0) is 18.3 Å². The smallest absolute Gasteiger partial charge is 0.230 e. The number of rotatable bonds is 7. The Morgan fingerprint density at radius 1 is 1.42 bits per heavy atom. The third kappa shape index (κ3) is 4.19. The lowest BCUT2D eigenvalue weighted by atomic mass is 10.2. The fourth-order valence-electron chi connectivity index (χ4n) is 3.04. The van der Waals surface area contributed by atoms with Crippen molar-refractivity contribution in [3.63, 3.8) is 0 Å². The molecule has 5 nitrogen and oxygen atoms in total. The van der Waals surface area contributed by atoms with Crippen LogP contribution >= 0.6 is 23.1 Å². The van der Waals surface area contributed by atoms with Crippen LogP contribution in [0.25, 0.3) is 11.4 Å². The van der Waals surface area contributed by atoms with Crippen molar-refractivity contribution < 1.29 is 4.79 Å². The number of carbonyl (C=O) groups is 1. The first kappa shape index (κ1) is 17.5. The van der Waals surface area contributed by atoms with Crippen molar-refractivity contribution in [2.24, 2.45) is 7.05 Å². The van der Waals surface area contributed by atoms with Crippen LogP contribution in [0.2, 0.25) is 0 Å². The van der Waals surface area contributed by atoms with Gasteiger partial charge in [0.15, 0.2) is 11.0 Å². The summed E-state index contributed by atoms with van der Waals surface area (Å²) in [7, 11) is 1.96. The third-order valence-electron chi connectivity index (χ3n) is 4.30. The Hall–Kier alpha value is -1.34. The number of carbonyl (C=O) groups excluding carboxylic acids is 1. The molecule has 24 heavy (non-hydrogen) atoms. The van der Waals surface area contributed by atoms with Crippen molar-refractivity contribution in [1.29, 1.82) is 0 Å².